The SMILES string of the molecule is C#CCn1c(=O)cc(C(C)C)oc1=O. The quantitative estimate of drug-likeness (QED) is 0.645. The lowest BCUT2D eigenvalue weighted by Gasteiger charge is -2.03. The largest absolute Gasteiger partial charge is 0.422 e. The van der Waals surface area contributed by atoms with Crippen LogP contribution in [0.25, 0.3) is 0 Å². The lowest BCUT2D eigenvalue weighted by molar-refractivity contribution is 0.384. The normalized spacial score (nSPS) is 10.1. The molecule has 74 valence electrons. The Morgan fingerprint density at radius 2 is 2.21 bits per heavy atom. The van der Waals surface area contributed by atoms with Crippen LogP contribution in [0, 0.1) is 12.3 Å². The number of rotatable bonds is 2. The molecule has 4 nitrogen and oxygen atoms in total. The topological polar surface area (TPSA) is 52.2 Å². The highest BCUT2D eigenvalue weighted by molar-refractivity contribution is 5.01. The zero-order valence-electron chi connectivity index (χ0n) is 8.11. The molecule has 0 spiro atoms. The standard InChI is InChI=1S/C10H11NO3/c1-4-5-11-9(12)6-8(7(2)3)14-10(11)13/h1,6-7H,5H2,2-3H3. The summed E-state index contributed by atoms with van der Waals surface area (Å²) in [6.07, 6.45) is 5.01. The van der Waals surface area contributed by atoms with Gasteiger partial charge in [0.2, 0.25) is 0 Å². The number of hydrogen-bond donors (Lipinski definition) is 0. The number of terminal acetylenes is 1. The van der Waals surface area contributed by atoms with Crippen molar-refractivity contribution < 1.29 is 4.42 Å². The van der Waals surface area contributed by atoms with E-state index in [0.717, 1.165) is 4.57 Å². The van der Waals surface area contributed by atoms with Gasteiger partial charge >= 0.3 is 5.76 Å². The average Bonchev–Trinajstić information content (AvgIpc) is 2.10. The van der Waals surface area contributed by atoms with Gasteiger partial charge in [-0.2, -0.15) is 0 Å². The van der Waals surface area contributed by atoms with Gasteiger partial charge in [0.05, 0.1) is 6.54 Å². The fraction of sp³-hybridized carbons (Fsp3) is 0.400. The van der Waals surface area contributed by atoms with Crippen molar-refractivity contribution in [2.75, 3.05) is 0 Å². The maximum absolute atomic E-state index is 11.4. The second kappa shape index (κ2) is 3.97. The van der Waals surface area contributed by atoms with Crippen molar-refractivity contribution in [3.63, 3.8) is 0 Å². The molecule has 4 heteroatoms. The number of nitrogens with zero attached hydrogens (tertiary/aromatic N) is 1. The minimum Gasteiger partial charge on any atom is -0.414 e. The van der Waals surface area contributed by atoms with Gasteiger partial charge in [0.15, 0.2) is 0 Å². The Bertz CT molecular complexity index is 442. The van der Waals surface area contributed by atoms with E-state index in [1.165, 1.54) is 6.07 Å². The first-order chi connectivity index (χ1) is 6.56. The smallest absolute Gasteiger partial charge is 0.414 e. The molecule has 0 fully saturated rings. The van der Waals surface area contributed by atoms with Gasteiger partial charge < -0.3 is 4.42 Å². The van der Waals surface area contributed by atoms with E-state index in [2.05, 4.69) is 5.92 Å². The molecule has 0 saturated heterocycles. The Labute approximate surface area is 81.2 Å². The monoisotopic (exact) mass is 193 g/mol. The van der Waals surface area contributed by atoms with E-state index >= 15 is 0 Å². The van der Waals surface area contributed by atoms with Gasteiger partial charge in [-0.15, -0.1) is 6.42 Å². The van der Waals surface area contributed by atoms with Crippen molar-refractivity contribution in [3.8, 4) is 12.3 Å². The summed E-state index contributed by atoms with van der Waals surface area (Å²) in [7, 11) is 0. The molecule has 1 aromatic rings. The summed E-state index contributed by atoms with van der Waals surface area (Å²) in [5.41, 5.74) is -0.414. The summed E-state index contributed by atoms with van der Waals surface area (Å²) >= 11 is 0. The van der Waals surface area contributed by atoms with Gasteiger partial charge in [-0.25, -0.2) is 9.36 Å². The van der Waals surface area contributed by atoms with Gasteiger partial charge in [0.25, 0.3) is 5.56 Å². The van der Waals surface area contributed by atoms with Crippen LogP contribution in [0.3, 0.4) is 0 Å². The molecule has 1 rings (SSSR count). The average molecular weight is 193 g/mol. The molecule has 14 heavy (non-hydrogen) atoms. The summed E-state index contributed by atoms with van der Waals surface area (Å²) in [5.74, 6) is 1.91. The third-order valence-electron chi connectivity index (χ3n) is 1.78. The minimum atomic E-state index is -0.695. The Morgan fingerprint density at radius 3 is 2.64 bits per heavy atom. The van der Waals surface area contributed by atoms with Crippen LogP contribution in [0.15, 0.2) is 20.1 Å². The molecular weight excluding hydrogens is 182 g/mol. The minimum absolute atomic E-state index is 0.0101. The summed E-state index contributed by atoms with van der Waals surface area (Å²) in [5, 5.41) is 0. The second-order valence-corrected chi connectivity index (χ2v) is 3.20. The fourth-order valence-electron chi connectivity index (χ4n) is 0.993. The molecule has 0 atom stereocenters. The van der Waals surface area contributed by atoms with E-state index in [1.807, 2.05) is 13.8 Å². The maximum atomic E-state index is 11.4. The third-order valence-corrected chi connectivity index (χ3v) is 1.78. The summed E-state index contributed by atoms with van der Waals surface area (Å²) in [4.78, 5) is 22.6. The van der Waals surface area contributed by atoms with Crippen molar-refractivity contribution in [2.24, 2.45) is 0 Å². The van der Waals surface area contributed by atoms with Gasteiger partial charge in [0, 0.05) is 12.0 Å². The highest BCUT2D eigenvalue weighted by atomic mass is 16.4. The molecular formula is C10H11NO3. The Hall–Kier alpha value is -1.76. The number of aromatic nitrogens is 1. The summed E-state index contributed by atoms with van der Waals surface area (Å²) in [6, 6.07) is 1.30. The van der Waals surface area contributed by atoms with Gasteiger partial charge in [-0.05, 0) is 0 Å². The molecule has 0 saturated carbocycles. The lowest BCUT2D eigenvalue weighted by atomic mass is 10.1. The van der Waals surface area contributed by atoms with Gasteiger partial charge in [-0.3, -0.25) is 4.79 Å². The zero-order chi connectivity index (χ0) is 10.7. The van der Waals surface area contributed by atoms with E-state index < -0.39 is 11.3 Å². The Morgan fingerprint density at radius 1 is 1.57 bits per heavy atom. The first kappa shape index (κ1) is 10.3. The maximum Gasteiger partial charge on any atom is 0.422 e. The van der Waals surface area contributed by atoms with Gasteiger partial charge in [-0.1, -0.05) is 19.8 Å². The molecule has 1 aromatic heterocycles. The number of hydrogen-bond acceptors (Lipinski definition) is 3. The first-order valence-electron chi connectivity index (χ1n) is 4.24. The van der Waals surface area contributed by atoms with Crippen LogP contribution in [0.5, 0.6) is 0 Å². The summed E-state index contributed by atoms with van der Waals surface area (Å²) in [6.45, 7) is 3.62. The van der Waals surface area contributed by atoms with Crippen LogP contribution in [0.4, 0.5) is 0 Å². The lowest BCUT2D eigenvalue weighted by Crippen LogP contribution is -2.32. The van der Waals surface area contributed by atoms with E-state index in [4.69, 9.17) is 10.8 Å². The van der Waals surface area contributed by atoms with Crippen molar-refractivity contribution in [1.82, 2.24) is 4.57 Å². The molecule has 0 N–H and O–H groups in total. The van der Waals surface area contributed by atoms with Crippen LogP contribution in [0.2, 0.25) is 0 Å². The van der Waals surface area contributed by atoms with Crippen LogP contribution in [-0.4, -0.2) is 4.57 Å². The molecule has 0 aliphatic heterocycles. The Kier molecular flexibility index (Phi) is 2.92. The molecule has 0 amide bonds. The highest BCUT2D eigenvalue weighted by Crippen LogP contribution is 2.08. The second-order valence-electron chi connectivity index (χ2n) is 3.20. The van der Waals surface area contributed by atoms with E-state index in [1.54, 1.807) is 0 Å². The molecule has 0 aliphatic carbocycles. The Balaban J connectivity index is 3.35. The molecule has 0 aromatic carbocycles. The molecule has 0 radical (unpaired) electrons. The van der Waals surface area contributed by atoms with Crippen LogP contribution in [0.1, 0.15) is 25.5 Å². The molecule has 0 bridgehead atoms. The van der Waals surface area contributed by atoms with E-state index in [9.17, 15) is 9.59 Å². The van der Waals surface area contributed by atoms with Crippen molar-refractivity contribution in [1.29, 1.82) is 0 Å². The summed E-state index contributed by atoms with van der Waals surface area (Å²) < 4.78 is 5.80. The predicted octanol–water partition coefficient (Wildman–Crippen LogP) is 0.558. The molecule has 1 heterocycles. The molecule has 0 unspecified atom stereocenters. The van der Waals surface area contributed by atoms with Crippen LogP contribution in [-0.2, 0) is 6.54 Å². The van der Waals surface area contributed by atoms with Crippen molar-refractivity contribution in [2.45, 2.75) is 26.3 Å². The van der Waals surface area contributed by atoms with Gasteiger partial charge in [0.1, 0.15) is 5.76 Å². The highest BCUT2D eigenvalue weighted by Gasteiger charge is 2.08. The van der Waals surface area contributed by atoms with Crippen molar-refractivity contribution >= 4 is 0 Å². The van der Waals surface area contributed by atoms with Crippen LogP contribution < -0.4 is 11.3 Å². The third kappa shape index (κ3) is 1.94. The van der Waals surface area contributed by atoms with E-state index in [0.29, 0.717) is 5.76 Å². The first-order valence-corrected chi connectivity index (χ1v) is 4.24. The van der Waals surface area contributed by atoms with Crippen molar-refractivity contribution in [3.05, 3.63) is 32.7 Å². The fourth-order valence-corrected chi connectivity index (χ4v) is 0.993. The zero-order valence-corrected chi connectivity index (χ0v) is 8.11. The predicted molar refractivity (Wildman–Crippen MR) is 52.2 cm³/mol. The molecule has 0 aliphatic rings. The van der Waals surface area contributed by atoms with Crippen LogP contribution >= 0.6 is 0 Å². The van der Waals surface area contributed by atoms with E-state index in [-0.39, 0.29) is 12.5 Å².